The van der Waals surface area contributed by atoms with E-state index < -0.39 is 0 Å². The number of fused-ring (bicyclic) bond motifs is 2. The van der Waals surface area contributed by atoms with E-state index >= 15 is 0 Å². The molecule has 0 aromatic heterocycles. The minimum absolute atomic E-state index is 0.159. The van der Waals surface area contributed by atoms with E-state index in [9.17, 15) is 4.39 Å². The van der Waals surface area contributed by atoms with Crippen molar-refractivity contribution in [1.29, 1.82) is 0 Å². The smallest absolute Gasteiger partial charge is 0.124 e. The summed E-state index contributed by atoms with van der Waals surface area (Å²) in [4.78, 5) is 0. The van der Waals surface area contributed by atoms with Crippen LogP contribution in [0, 0.1) is 26.1 Å². The number of halogens is 2. The van der Waals surface area contributed by atoms with E-state index in [2.05, 4.69) is 48.7 Å². The molecule has 1 unspecified atom stereocenters. The molecule has 1 aromatic carbocycles. The van der Waals surface area contributed by atoms with Crippen LogP contribution in [0.5, 0.6) is 0 Å². The number of benzene rings is 1. The lowest BCUT2D eigenvalue weighted by Gasteiger charge is -2.43. The van der Waals surface area contributed by atoms with Crippen molar-refractivity contribution >= 4 is 28.3 Å². The quantitative estimate of drug-likeness (QED) is 0.715. The molecular formula is C16H21FIN. The molecule has 1 aromatic rings. The van der Waals surface area contributed by atoms with E-state index in [1.807, 2.05) is 6.07 Å². The molecule has 0 spiro atoms. The van der Waals surface area contributed by atoms with Crippen LogP contribution in [0.15, 0.2) is 18.2 Å². The van der Waals surface area contributed by atoms with E-state index in [0.717, 1.165) is 15.2 Å². The third-order valence-corrected chi connectivity index (χ3v) is 6.39. The fourth-order valence-corrected chi connectivity index (χ4v) is 5.06. The van der Waals surface area contributed by atoms with E-state index in [1.165, 1.54) is 19.3 Å². The van der Waals surface area contributed by atoms with Gasteiger partial charge in [-0.2, -0.15) is 0 Å². The number of anilines is 1. The maximum atomic E-state index is 13.2. The zero-order valence-corrected chi connectivity index (χ0v) is 13.9. The van der Waals surface area contributed by atoms with Crippen LogP contribution < -0.4 is 5.32 Å². The molecule has 0 amide bonds. The third kappa shape index (κ3) is 2.08. The molecule has 2 bridgehead atoms. The first-order valence-corrected chi connectivity index (χ1v) is 8.12. The highest BCUT2D eigenvalue weighted by Gasteiger charge is 2.59. The average Bonchev–Trinajstić information content (AvgIpc) is 2.78. The average molecular weight is 373 g/mol. The van der Waals surface area contributed by atoms with Crippen molar-refractivity contribution in [2.45, 2.75) is 46.1 Å². The van der Waals surface area contributed by atoms with Crippen molar-refractivity contribution in [3.8, 4) is 0 Å². The Bertz CT molecular complexity index is 509. The van der Waals surface area contributed by atoms with Gasteiger partial charge in [0.2, 0.25) is 0 Å². The van der Waals surface area contributed by atoms with Gasteiger partial charge >= 0.3 is 0 Å². The van der Waals surface area contributed by atoms with Crippen LogP contribution in [0.4, 0.5) is 10.1 Å². The monoisotopic (exact) mass is 373 g/mol. The summed E-state index contributed by atoms with van der Waals surface area (Å²) < 4.78 is 14.2. The number of rotatable bonds is 2. The molecule has 2 saturated carbocycles. The van der Waals surface area contributed by atoms with Gasteiger partial charge in [-0.25, -0.2) is 4.39 Å². The number of nitrogens with one attached hydrogen (secondary N) is 1. The van der Waals surface area contributed by atoms with Crippen molar-refractivity contribution in [2.24, 2.45) is 16.7 Å². The largest absolute Gasteiger partial charge is 0.380 e. The van der Waals surface area contributed by atoms with Gasteiger partial charge in [0.1, 0.15) is 5.82 Å². The topological polar surface area (TPSA) is 12.0 Å². The highest BCUT2D eigenvalue weighted by atomic mass is 127. The van der Waals surface area contributed by atoms with Crippen molar-refractivity contribution in [2.75, 3.05) is 5.32 Å². The Labute approximate surface area is 128 Å². The predicted octanol–water partition coefficient (Wildman–Crippen LogP) is 5.06. The molecule has 0 aliphatic heterocycles. The third-order valence-electron chi connectivity index (χ3n) is 5.50. The van der Waals surface area contributed by atoms with Gasteiger partial charge in [-0.05, 0) is 76.8 Å². The zero-order chi connectivity index (χ0) is 13.8. The standard InChI is InChI=1S/C16H21FIN/c1-15(2)10-6-7-16(3,9-10)14(15)19-13-5-4-11(17)8-12(13)18/h4-5,8,10,14,19H,6-7,9H2,1-3H3/t10-,14?,16+/m0/s1. The predicted molar refractivity (Wildman–Crippen MR) is 85.8 cm³/mol. The molecule has 0 saturated heterocycles. The maximum Gasteiger partial charge on any atom is 0.124 e. The van der Waals surface area contributed by atoms with E-state index in [4.69, 9.17) is 0 Å². The molecule has 3 heteroatoms. The van der Waals surface area contributed by atoms with Gasteiger partial charge < -0.3 is 5.32 Å². The number of hydrogen-bond donors (Lipinski definition) is 1. The normalized spacial score (nSPS) is 35.6. The van der Waals surface area contributed by atoms with Gasteiger partial charge in [0.25, 0.3) is 0 Å². The van der Waals surface area contributed by atoms with E-state index in [0.29, 0.717) is 16.9 Å². The van der Waals surface area contributed by atoms with Crippen LogP contribution in [0.25, 0.3) is 0 Å². The summed E-state index contributed by atoms with van der Waals surface area (Å²) >= 11 is 2.22. The maximum absolute atomic E-state index is 13.2. The van der Waals surface area contributed by atoms with Crippen LogP contribution in [0.3, 0.4) is 0 Å². The van der Waals surface area contributed by atoms with Gasteiger partial charge in [-0.3, -0.25) is 0 Å². The molecular weight excluding hydrogens is 352 g/mol. The Morgan fingerprint density at radius 1 is 1.32 bits per heavy atom. The molecule has 0 radical (unpaired) electrons. The fourth-order valence-electron chi connectivity index (χ4n) is 4.42. The lowest BCUT2D eigenvalue weighted by Crippen LogP contribution is -2.45. The Hall–Kier alpha value is -0.320. The van der Waals surface area contributed by atoms with Crippen LogP contribution in [0.1, 0.15) is 40.0 Å². The second kappa shape index (κ2) is 4.34. The summed E-state index contributed by atoms with van der Waals surface area (Å²) in [5.41, 5.74) is 1.80. The van der Waals surface area contributed by atoms with Crippen molar-refractivity contribution in [3.05, 3.63) is 27.6 Å². The molecule has 3 atom stereocenters. The number of hydrogen-bond acceptors (Lipinski definition) is 1. The molecule has 104 valence electrons. The second-order valence-electron chi connectivity index (χ2n) is 7.12. The zero-order valence-electron chi connectivity index (χ0n) is 11.8. The Morgan fingerprint density at radius 2 is 2.05 bits per heavy atom. The minimum Gasteiger partial charge on any atom is -0.380 e. The van der Waals surface area contributed by atoms with Gasteiger partial charge in [-0.1, -0.05) is 20.8 Å². The Morgan fingerprint density at radius 3 is 2.63 bits per heavy atom. The highest BCUT2D eigenvalue weighted by molar-refractivity contribution is 14.1. The molecule has 2 aliphatic rings. The van der Waals surface area contributed by atoms with E-state index in [-0.39, 0.29) is 5.82 Å². The van der Waals surface area contributed by atoms with Gasteiger partial charge in [0, 0.05) is 15.3 Å². The molecule has 1 nitrogen and oxygen atoms in total. The van der Waals surface area contributed by atoms with Gasteiger partial charge in [-0.15, -0.1) is 0 Å². The summed E-state index contributed by atoms with van der Waals surface area (Å²) in [5, 5.41) is 3.72. The molecule has 19 heavy (non-hydrogen) atoms. The highest BCUT2D eigenvalue weighted by Crippen LogP contribution is 2.63. The Kier molecular flexibility index (Phi) is 3.12. The fraction of sp³-hybridized carbons (Fsp3) is 0.625. The molecule has 0 heterocycles. The van der Waals surface area contributed by atoms with Crippen LogP contribution in [-0.2, 0) is 0 Å². The molecule has 1 N–H and O–H groups in total. The summed E-state index contributed by atoms with van der Waals surface area (Å²) in [6.45, 7) is 7.18. The molecule has 2 aliphatic carbocycles. The van der Waals surface area contributed by atoms with Crippen LogP contribution >= 0.6 is 22.6 Å². The Balaban J connectivity index is 1.90. The summed E-state index contributed by atoms with van der Waals surface area (Å²) in [6.07, 6.45) is 4.01. The van der Waals surface area contributed by atoms with Crippen molar-refractivity contribution in [1.82, 2.24) is 0 Å². The van der Waals surface area contributed by atoms with E-state index in [1.54, 1.807) is 12.1 Å². The summed E-state index contributed by atoms with van der Waals surface area (Å²) in [5.74, 6) is 0.668. The van der Waals surface area contributed by atoms with Gasteiger partial charge in [0.05, 0.1) is 0 Å². The second-order valence-corrected chi connectivity index (χ2v) is 8.28. The lowest BCUT2D eigenvalue weighted by atomic mass is 9.68. The van der Waals surface area contributed by atoms with Crippen LogP contribution in [0.2, 0.25) is 0 Å². The molecule has 3 rings (SSSR count). The SMILES string of the molecule is CC1(C)C(Nc2ccc(F)cc2I)[C@]2(C)CC[C@H]1C2. The first kappa shape index (κ1) is 13.7. The summed E-state index contributed by atoms with van der Waals surface area (Å²) in [7, 11) is 0. The minimum atomic E-state index is -0.159. The summed E-state index contributed by atoms with van der Waals surface area (Å²) in [6, 6.07) is 5.51. The first-order valence-electron chi connectivity index (χ1n) is 7.04. The van der Waals surface area contributed by atoms with Crippen molar-refractivity contribution in [3.63, 3.8) is 0 Å². The molecule has 2 fully saturated rings. The lowest BCUT2D eigenvalue weighted by molar-refractivity contribution is 0.155. The van der Waals surface area contributed by atoms with Crippen LogP contribution in [-0.4, -0.2) is 6.04 Å². The van der Waals surface area contributed by atoms with Crippen molar-refractivity contribution < 1.29 is 4.39 Å². The first-order chi connectivity index (χ1) is 8.83. The van der Waals surface area contributed by atoms with Gasteiger partial charge in [0.15, 0.2) is 0 Å².